The molecule has 11 heteroatoms. The van der Waals surface area contributed by atoms with E-state index < -0.39 is 22.4 Å². The third-order valence-corrected chi connectivity index (χ3v) is 4.56. The Balaban J connectivity index is 0.00000320. The summed E-state index contributed by atoms with van der Waals surface area (Å²) in [4.78, 5) is 20.6. The van der Waals surface area contributed by atoms with E-state index in [0.29, 0.717) is 11.6 Å². The Morgan fingerprint density at radius 3 is 2.53 bits per heavy atom. The van der Waals surface area contributed by atoms with Gasteiger partial charge in [-0.15, -0.1) is 0 Å². The molecule has 0 fully saturated rings. The molecule has 1 aromatic carbocycles. The molecule has 0 aliphatic heterocycles. The monoisotopic (exact) mass is 439 g/mol. The van der Waals surface area contributed by atoms with Crippen LogP contribution < -0.4 is 15.0 Å². The first-order chi connectivity index (χ1) is 13.8. The van der Waals surface area contributed by atoms with Gasteiger partial charge >= 0.3 is 0 Å². The Kier molecular flexibility index (Phi) is 7.35. The van der Waals surface area contributed by atoms with Crippen molar-refractivity contribution in [1.29, 1.82) is 0 Å². The van der Waals surface area contributed by atoms with Gasteiger partial charge in [-0.3, -0.25) is 9.00 Å². The van der Waals surface area contributed by atoms with Crippen molar-refractivity contribution in [3.05, 3.63) is 64.5 Å². The van der Waals surface area contributed by atoms with Crippen LogP contribution in [-0.4, -0.2) is 37.6 Å². The van der Waals surface area contributed by atoms with Crippen molar-refractivity contribution in [2.75, 3.05) is 13.4 Å². The van der Waals surface area contributed by atoms with Crippen LogP contribution in [0.3, 0.4) is 0 Å². The summed E-state index contributed by atoms with van der Waals surface area (Å²) in [5.74, 6) is -1.34. The molecular formula is C19H19F2N3O5S. The molecule has 3 rings (SSSR count). The van der Waals surface area contributed by atoms with E-state index in [1.54, 1.807) is 0 Å². The Labute approximate surface area is 172 Å². The predicted octanol–water partition coefficient (Wildman–Crippen LogP) is 1.98. The van der Waals surface area contributed by atoms with Crippen molar-refractivity contribution in [2.24, 2.45) is 7.05 Å². The van der Waals surface area contributed by atoms with Crippen LogP contribution in [0.4, 0.5) is 8.78 Å². The van der Waals surface area contributed by atoms with Gasteiger partial charge in [0.05, 0.1) is 19.1 Å². The average Bonchev–Trinajstić information content (AvgIpc) is 2.66. The number of aromatic nitrogens is 3. The van der Waals surface area contributed by atoms with Crippen molar-refractivity contribution in [3.63, 3.8) is 0 Å². The molecule has 0 aliphatic rings. The quantitative estimate of drug-likeness (QED) is 0.580. The first-order valence-corrected chi connectivity index (χ1v) is 10.0. The number of ether oxygens (including phenoxy) is 2. The number of rotatable bonds is 6. The third-order valence-electron chi connectivity index (χ3n) is 3.90. The SMILES string of the molecule is COc1cc(-c2nc(CS(C)=O)ncc2Oc2ccc(F)cc2F)cn(C)c1=O.O. The number of halogens is 2. The van der Waals surface area contributed by atoms with E-state index in [1.807, 2.05) is 0 Å². The minimum Gasteiger partial charge on any atom is -0.491 e. The molecule has 0 spiro atoms. The fraction of sp³-hybridized carbons (Fsp3) is 0.211. The molecule has 2 heterocycles. The number of benzene rings is 1. The third kappa shape index (κ3) is 5.05. The normalized spacial score (nSPS) is 11.5. The second kappa shape index (κ2) is 9.55. The maximum atomic E-state index is 14.0. The second-order valence-electron chi connectivity index (χ2n) is 6.11. The highest BCUT2D eigenvalue weighted by Crippen LogP contribution is 2.33. The summed E-state index contributed by atoms with van der Waals surface area (Å²) >= 11 is 0. The van der Waals surface area contributed by atoms with Crippen LogP contribution in [-0.2, 0) is 23.6 Å². The van der Waals surface area contributed by atoms with Crippen LogP contribution in [0.25, 0.3) is 11.3 Å². The summed E-state index contributed by atoms with van der Waals surface area (Å²) in [6.07, 6.45) is 4.33. The van der Waals surface area contributed by atoms with Gasteiger partial charge in [0.25, 0.3) is 5.56 Å². The van der Waals surface area contributed by atoms with Gasteiger partial charge in [0.2, 0.25) is 0 Å². The van der Waals surface area contributed by atoms with Gasteiger partial charge in [0.1, 0.15) is 17.3 Å². The van der Waals surface area contributed by atoms with E-state index in [1.165, 1.54) is 43.4 Å². The van der Waals surface area contributed by atoms with E-state index in [-0.39, 0.29) is 45.6 Å². The molecule has 160 valence electrons. The van der Waals surface area contributed by atoms with E-state index >= 15 is 0 Å². The maximum Gasteiger partial charge on any atom is 0.292 e. The van der Waals surface area contributed by atoms with E-state index in [9.17, 15) is 17.8 Å². The summed E-state index contributed by atoms with van der Waals surface area (Å²) in [5.41, 5.74) is 0.317. The highest BCUT2D eigenvalue weighted by Gasteiger charge is 2.17. The number of hydrogen-bond acceptors (Lipinski definition) is 6. The van der Waals surface area contributed by atoms with Crippen LogP contribution in [0.1, 0.15) is 5.82 Å². The molecular weight excluding hydrogens is 420 g/mol. The number of hydrogen-bond donors (Lipinski definition) is 0. The number of aryl methyl sites for hydroxylation is 1. The molecule has 0 bridgehead atoms. The molecule has 0 radical (unpaired) electrons. The first-order valence-electron chi connectivity index (χ1n) is 8.32. The molecule has 2 aromatic heterocycles. The van der Waals surface area contributed by atoms with E-state index in [4.69, 9.17) is 9.47 Å². The number of pyridine rings is 1. The zero-order valence-electron chi connectivity index (χ0n) is 16.3. The summed E-state index contributed by atoms with van der Waals surface area (Å²) in [5, 5.41) is 0. The Morgan fingerprint density at radius 1 is 1.17 bits per heavy atom. The minimum absolute atomic E-state index is 0. The zero-order valence-corrected chi connectivity index (χ0v) is 17.1. The molecule has 0 saturated carbocycles. The lowest BCUT2D eigenvalue weighted by Gasteiger charge is -2.13. The van der Waals surface area contributed by atoms with Crippen LogP contribution >= 0.6 is 0 Å². The highest BCUT2D eigenvalue weighted by atomic mass is 32.2. The molecule has 8 nitrogen and oxygen atoms in total. The standard InChI is InChI=1S/C19H17F2N3O4S.H2O/c1-24-9-11(6-15(27-2)19(24)25)18-16(8-22-17(23-18)10-29(3)26)28-14-5-4-12(20)7-13(14)21;/h4-9H,10H2,1-3H3;1H2. The average molecular weight is 439 g/mol. The second-order valence-corrected chi connectivity index (χ2v) is 7.54. The van der Waals surface area contributed by atoms with Crippen LogP contribution in [0.2, 0.25) is 0 Å². The molecule has 2 N–H and O–H groups in total. The number of nitrogens with zero attached hydrogens (tertiary/aromatic N) is 3. The van der Waals surface area contributed by atoms with E-state index in [0.717, 1.165) is 12.1 Å². The Hall–Kier alpha value is -3.18. The maximum absolute atomic E-state index is 14.0. The van der Waals surface area contributed by atoms with Gasteiger partial charge in [-0.2, -0.15) is 0 Å². The molecule has 1 atom stereocenters. The zero-order chi connectivity index (χ0) is 21.1. The van der Waals surface area contributed by atoms with Gasteiger partial charge in [-0.25, -0.2) is 18.7 Å². The lowest BCUT2D eigenvalue weighted by Crippen LogP contribution is -2.18. The van der Waals surface area contributed by atoms with Gasteiger partial charge in [0.15, 0.2) is 23.1 Å². The molecule has 0 aliphatic carbocycles. The lowest BCUT2D eigenvalue weighted by atomic mass is 10.1. The van der Waals surface area contributed by atoms with Crippen molar-refractivity contribution in [2.45, 2.75) is 5.75 Å². The fourth-order valence-electron chi connectivity index (χ4n) is 2.57. The first kappa shape index (κ1) is 23.1. The van der Waals surface area contributed by atoms with Crippen LogP contribution in [0.5, 0.6) is 17.2 Å². The lowest BCUT2D eigenvalue weighted by molar-refractivity contribution is 0.405. The van der Waals surface area contributed by atoms with Crippen LogP contribution in [0, 0.1) is 11.6 Å². The molecule has 1 unspecified atom stereocenters. The van der Waals surface area contributed by atoms with Crippen molar-refractivity contribution >= 4 is 10.8 Å². The van der Waals surface area contributed by atoms with E-state index in [2.05, 4.69) is 9.97 Å². The Morgan fingerprint density at radius 2 is 1.90 bits per heavy atom. The molecule has 3 aromatic rings. The largest absolute Gasteiger partial charge is 0.491 e. The van der Waals surface area contributed by atoms with Crippen molar-refractivity contribution < 1.29 is 27.9 Å². The van der Waals surface area contributed by atoms with Crippen LogP contribution in [0.15, 0.2) is 41.5 Å². The molecule has 0 amide bonds. The highest BCUT2D eigenvalue weighted by molar-refractivity contribution is 7.83. The summed E-state index contributed by atoms with van der Waals surface area (Å²) < 4.78 is 50.8. The van der Waals surface area contributed by atoms with Crippen molar-refractivity contribution in [3.8, 4) is 28.5 Å². The topological polar surface area (TPSA) is 115 Å². The smallest absolute Gasteiger partial charge is 0.292 e. The van der Waals surface area contributed by atoms with Gasteiger partial charge in [0, 0.05) is 41.9 Å². The molecule has 30 heavy (non-hydrogen) atoms. The predicted molar refractivity (Wildman–Crippen MR) is 107 cm³/mol. The minimum atomic E-state index is -1.19. The van der Waals surface area contributed by atoms with Gasteiger partial charge < -0.3 is 19.5 Å². The Bertz CT molecular complexity index is 1150. The summed E-state index contributed by atoms with van der Waals surface area (Å²) in [6.45, 7) is 0. The summed E-state index contributed by atoms with van der Waals surface area (Å²) in [7, 11) is 1.70. The fourth-order valence-corrected chi connectivity index (χ4v) is 3.08. The summed E-state index contributed by atoms with van der Waals surface area (Å²) in [6, 6.07) is 4.36. The molecule has 0 saturated heterocycles. The van der Waals surface area contributed by atoms with Gasteiger partial charge in [-0.1, -0.05) is 0 Å². The number of methoxy groups -OCH3 is 1. The van der Waals surface area contributed by atoms with Gasteiger partial charge in [-0.05, 0) is 18.2 Å². The van der Waals surface area contributed by atoms with Crippen molar-refractivity contribution in [1.82, 2.24) is 14.5 Å².